The summed E-state index contributed by atoms with van der Waals surface area (Å²) in [6, 6.07) is 17.7. The number of nitrogens with zero attached hydrogens (tertiary/aromatic N) is 1. The van der Waals surface area contributed by atoms with Crippen LogP contribution in [0.3, 0.4) is 0 Å². The highest BCUT2D eigenvalue weighted by molar-refractivity contribution is 6.00. The average Bonchev–Trinajstić information content (AvgIpc) is 3.04. The van der Waals surface area contributed by atoms with Crippen molar-refractivity contribution in [2.45, 2.75) is 32.7 Å². The molecule has 0 bridgehead atoms. The lowest BCUT2D eigenvalue weighted by atomic mass is 10.0. The van der Waals surface area contributed by atoms with Gasteiger partial charge in [-0.3, -0.25) is 9.59 Å². The highest BCUT2D eigenvalue weighted by Crippen LogP contribution is 2.29. The molecule has 4 heteroatoms. The van der Waals surface area contributed by atoms with Gasteiger partial charge in [0, 0.05) is 18.7 Å². The number of para-hydroxylation sites is 1. The molecule has 1 N–H and O–H groups in total. The predicted molar refractivity (Wildman–Crippen MR) is 99.3 cm³/mol. The molecule has 25 heavy (non-hydrogen) atoms. The SMILES string of the molecule is CCc1ccccc1N1CC(C(=O)NC(C)c2ccccc2)CC1=O. The van der Waals surface area contributed by atoms with Gasteiger partial charge in [0.2, 0.25) is 11.8 Å². The molecule has 0 saturated carbocycles. The van der Waals surface area contributed by atoms with E-state index in [2.05, 4.69) is 12.2 Å². The zero-order chi connectivity index (χ0) is 17.8. The van der Waals surface area contributed by atoms with Gasteiger partial charge in [0.1, 0.15) is 0 Å². The number of anilines is 1. The molecule has 2 aromatic carbocycles. The van der Waals surface area contributed by atoms with Gasteiger partial charge in [-0.1, -0.05) is 55.5 Å². The van der Waals surface area contributed by atoms with Gasteiger partial charge in [0.15, 0.2) is 0 Å². The highest BCUT2D eigenvalue weighted by atomic mass is 16.2. The van der Waals surface area contributed by atoms with Crippen LogP contribution in [0.4, 0.5) is 5.69 Å². The first-order valence-corrected chi connectivity index (χ1v) is 8.83. The van der Waals surface area contributed by atoms with E-state index < -0.39 is 0 Å². The van der Waals surface area contributed by atoms with Crippen molar-refractivity contribution in [1.29, 1.82) is 0 Å². The molecule has 1 heterocycles. The van der Waals surface area contributed by atoms with Crippen molar-refractivity contribution in [2.24, 2.45) is 5.92 Å². The van der Waals surface area contributed by atoms with Crippen molar-refractivity contribution in [2.75, 3.05) is 11.4 Å². The summed E-state index contributed by atoms with van der Waals surface area (Å²) in [5.41, 5.74) is 3.13. The predicted octanol–water partition coefficient (Wildman–Crippen LogP) is 3.48. The van der Waals surface area contributed by atoms with Crippen LogP contribution >= 0.6 is 0 Å². The molecular weight excluding hydrogens is 312 g/mol. The van der Waals surface area contributed by atoms with Crippen LogP contribution in [0.25, 0.3) is 0 Å². The maximum absolute atomic E-state index is 12.6. The quantitative estimate of drug-likeness (QED) is 0.909. The van der Waals surface area contributed by atoms with Gasteiger partial charge in [-0.05, 0) is 30.5 Å². The van der Waals surface area contributed by atoms with E-state index >= 15 is 0 Å². The highest BCUT2D eigenvalue weighted by Gasteiger charge is 2.36. The van der Waals surface area contributed by atoms with E-state index in [0.29, 0.717) is 6.54 Å². The summed E-state index contributed by atoms with van der Waals surface area (Å²) in [6.45, 7) is 4.49. The van der Waals surface area contributed by atoms with Gasteiger partial charge >= 0.3 is 0 Å². The Morgan fingerprint density at radius 2 is 1.84 bits per heavy atom. The Bertz CT molecular complexity index is 758. The third-order valence-electron chi connectivity index (χ3n) is 4.82. The third-order valence-corrected chi connectivity index (χ3v) is 4.82. The second-order valence-corrected chi connectivity index (χ2v) is 6.53. The Labute approximate surface area is 148 Å². The van der Waals surface area contributed by atoms with Crippen molar-refractivity contribution < 1.29 is 9.59 Å². The first-order valence-electron chi connectivity index (χ1n) is 8.83. The molecule has 2 unspecified atom stereocenters. The van der Waals surface area contributed by atoms with E-state index in [-0.39, 0.29) is 30.2 Å². The summed E-state index contributed by atoms with van der Waals surface area (Å²) >= 11 is 0. The van der Waals surface area contributed by atoms with Crippen LogP contribution < -0.4 is 10.2 Å². The lowest BCUT2D eigenvalue weighted by Crippen LogP contribution is -2.34. The van der Waals surface area contributed by atoms with Gasteiger partial charge in [0.25, 0.3) is 0 Å². The van der Waals surface area contributed by atoms with Crippen LogP contribution in [0, 0.1) is 5.92 Å². The Balaban J connectivity index is 1.69. The number of aryl methyl sites for hydroxylation is 1. The van der Waals surface area contributed by atoms with Gasteiger partial charge < -0.3 is 10.2 Å². The van der Waals surface area contributed by atoms with E-state index in [1.54, 1.807) is 4.90 Å². The molecule has 0 aromatic heterocycles. The van der Waals surface area contributed by atoms with Crippen LogP contribution in [-0.4, -0.2) is 18.4 Å². The number of hydrogen-bond donors (Lipinski definition) is 1. The van der Waals surface area contributed by atoms with Crippen molar-refractivity contribution in [3.8, 4) is 0 Å². The maximum Gasteiger partial charge on any atom is 0.227 e. The van der Waals surface area contributed by atoms with Gasteiger partial charge in [-0.15, -0.1) is 0 Å². The minimum absolute atomic E-state index is 0.0217. The minimum atomic E-state index is -0.302. The second kappa shape index (κ2) is 7.51. The monoisotopic (exact) mass is 336 g/mol. The van der Waals surface area contributed by atoms with Crippen LogP contribution in [0.2, 0.25) is 0 Å². The number of amides is 2. The number of rotatable bonds is 5. The lowest BCUT2D eigenvalue weighted by molar-refractivity contribution is -0.126. The standard InChI is InChI=1S/C21H24N2O2/c1-3-16-9-7-8-12-19(16)23-14-18(13-20(23)24)21(25)22-15(2)17-10-5-4-6-11-17/h4-12,15,18H,3,13-14H2,1-2H3,(H,22,25). The number of hydrogen-bond acceptors (Lipinski definition) is 2. The lowest BCUT2D eigenvalue weighted by Gasteiger charge is -2.20. The molecule has 130 valence electrons. The summed E-state index contributed by atoms with van der Waals surface area (Å²) in [4.78, 5) is 26.8. The Kier molecular flexibility index (Phi) is 5.17. The molecule has 2 aromatic rings. The second-order valence-electron chi connectivity index (χ2n) is 6.53. The van der Waals surface area contributed by atoms with E-state index in [9.17, 15) is 9.59 Å². The molecule has 3 rings (SSSR count). The molecule has 1 fully saturated rings. The number of carbonyl (C=O) groups excluding carboxylic acids is 2. The first-order chi connectivity index (χ1) is 12.1. The van der Waals surface area contributed by atoms with Crippen LogP contribution in [0.5, 0.6) is 0 Å². The van der Waals surface area contributed by atoms with E-state index in [1.165, 1.54) is 0 Å². The van der Waals surface area contributed by atoms with Crippen LogP contribution in [0.15, 0.2) is 54.6 Å². The third kappa shape index (κ3) is 3.73. The van der Waals surface area contributed by atoms with Crippen molar-refractivity contribution in [1.82, 2.24) is 5.32 Å². The number of benzene rings is 2. The molecule has 0 spiro atoms. The maximum atomic E-state index is 12.6. The zero-order valence-electron chi connectivity index (χ0n) is 14.7. The topological polar surface area (TPSA) is 49.4 Å². The fraction of sp³-hybridized carbons (Fsp3) is 0.333. The summed E-state index contributed by atoms with van der Waals surface area (Å²) in [6.07, 6.45) is 1.13. The molecule has 1 saturated heterocycles. The largest absolute Gasteiger partial charge is 0.349 e. The summed E-state index contributed by atoms with van der Waals surface area (Å²) in [5.74, 6) is -0.335. The molecule has 2 amide bonds. The van der Waals surface area contributed by atoms with Gasteiger partial charge in [-0.2, -0.15) is 0 Å². The zero-order valence-corrected chi connectivity index (χ0v) is 14.7. The molecule has 1 aliphatic heterocycles. The van der Waals surface area contributed by atoms with Crippen LogP contribution in [0.1, 0.15) is 37.4 Å². The van der Waals surface area contributed by atoms with Crippen molar-refractivity contribution >= 4 is 17.5 Å². The Morgan fingerprint density at radius 3 is 2.56 bits per heavy atom. The fourth-order valence-corrected chi connectivity index (χ4v) is 3.35. The normalized spacial score (nSPS) is 18.2. The fourth-order valence-electron chi connectivity index (χ4n) is 3.35. The summed E-state index contributed by atoms with van der Waals surface area (Å²) in [5, 5.41) is 3.04. The molecular formula is C21H24N2O2. The van der Waals surface area contributed by atoms with Crippen molar-refractivity contribution in [3.63, 3.8) is 0 Å². The average molecular weight is 336 g/mol. The van der Waals surface area contributed by atoms with Gasteiger partial charge in [-0.25, -0.2) is 0 Å². The molecule has 1 aliphatic rings. The Morgan fingerprint density at radius 1 is 1.16 bits per heavy atom. The van der Waals surface area contributed by atoms with E-state index in [0.717, 1.165) is 23.2 Å². The Hall–Kier alpha value is -2.62. The van der Waals surface area contributed by atoms with E-state index in [4.69, 9.17) is 0 Å². The van der Waals surface area contributed by atoms with Crippen LogP contribution in [-0.2, 0) is 16.0 Å². The smallest absolute Gasteiger partial charge is 0.227 e. The molecule has 0 radical (unpaired) electrons. The first kappa shape index (κ1) is 17.2. The van der Waals surface area contributed by atoms with E-state index in [1.807, 2.05) is 61.5 Å². The van der Waals surface area contributed by atoms with Crippen molar-refractivity contribution in [3.05, 3.63) is 65.7 Å². The summed E-state index contributed by atoms with van der Waals surface area (Å²) in [7, 11) is 0. The molecule has 2 atom stereocenters. The number of nitrogens with one attached hydrogen (secondary N) is 1. The minimum Gasteiger partial charge on any atom is -0.349 e. The van der Waals surface area contributed by atoms with Gasteiger partial charge in [0.05, 0.1) is 12.0 Å². The summed E-state index contributed by atoms with van der Waals surface area (Å²) < 4.78 is 0. The number of carbonyl (C=O) groups is 2. The molecule has 0 aliphatic carbocycles. The molecule has 4 nitrogen and oxygen atoms in total.